The number of thiocarbonyl (C=S) groups is 1. The topological polar surface area (TPSA) is 66.3 Å². The molecule has 0 bridgehead atoms. The van der Waals surface area contributed by atoms with Gasteiger partial charge in [-0.1, -0.05) is 17.7 Å². The third-order valence-electron chi connectivity index (χ3n) is 5.37. The number of piperazine rings is 1. The van der Waals surface area contributed by atoms with Crippen molar-refractivity contribution >= 4 is 27.4 Å². The summed E-state index contributed by atoms with van der Waals surface area (Å²) in [7, 11) is -3.43. The van der Waals surface area contributed by atoms with Crippen LogP contribution in [0.2, 0.25) is 0 Å². The van der Waals surface area contributed by atoms with Crippen LogP contribution in [0.25, 0.3) is 0 Å². The molecule has 0 aromatic heterocycles. The first kappa shape index (κ1) is 21.4. The van der Waals surface area contributed by atoms with E-state index < -0.39 is 10.0 Å². The molecular weight excluding hydrogens is 396 g/mol. The summed E-state index contributed by atoms with van der Waals surface area (Å²) in [5.41, 5.74) is 1.05. The van der Waals surface area contributed by atoms with E-state index in [-0.39, 0.29) is 0 Å². The van der Waals surface area contributed by atoms with E-state index in [1.54, 1.807) is 21.3 Å². The summed E-state index contributed by atoms with van der Waals surface area (Å²) in [5.74, 6) is 0. The van der Waals surface area contributed by atoms with Gasteiger partial charge >= 0.3 is 0 Å². The molecule has 2 aliphatic rings. The van der Waals surface area contributed by atoms with Crippen LogP contribution in [0.4, 0.5) is 0 Å². The molecule has 0 spiro atoms. The molecule has 28 heavy (non-hydrogen) atoms. The molecule has 1 aromatic carbocycles. The van der Waals surface area contributed by atoms with Gasteiger partial charge < -0.3 is 19.9 Å². The lowest BCUT2D eigenvalue weighted by Gasteiger charge is -2.35. The summed E-state index contributed by atoms with van der Waals surface area (Å²) in [6.45, 7) is 9.96. The number of morpholine rings is 1. The summed E-state index contributed by atoms with van der Waals surface area (Å²) >= 11 is 5.50. The predicted octanol–water partition coefficient (Wildman–Crippen LogP) is -0.519. The van der Waals surface area contributed by atoms with E-state index in [2.05, 4.69) is 10.2 Å². The molecule has 1 aromatic rings. The monoisotopic (exact) mass is 427 g/mol. The molecule has 7 nitrogen and oxygen atoms in total. The van der Waals surface area contributed by atoms with E-state index in [4.69, 9.17) is 17.0 Å². The Morgan fingerprint density at radius 2 is 1.79 bits per heavy atom. The van der Waals surface area contributed by atoms with Crippen LogP contribution in [-0.2, 0) is 14.8 Å². The SMILES string of the molecule is Cc1ccc(S(=O)(=O)N2CCN(C(=S)NCCC[NH+]3CCOCC3)CC2)cc1. The summed E-state index contributed by atoms with van der Waals surface area (Å²) in [5, 5.41) is 4.05. The Morgan fingerprint density at radius 1 is 1.14 bits per heavy atom. The molecule has 0 atom stereocenters. The summed E-state index contributed by atoms with van der Waals surface area (Å²) < 4.78 is 32.5. The minimum Gasteiger partial charge on any atom is -0.370 e. The Morgan fingerprint density at radius 3 is 2.43 bits per heavy atom. The smallest absolute Gasteiger partial charge is 0.243 e. The molecule has 0 amide bonds. The summed E-state index contributed by atoms with van der Waals surface area (Å²) in [6.07, 6.45) is 1.07. The van der Waals surface area contributed by atoms with Crippen LogP contribution in [0.1, 0.15) is 12.0 Å². The Kier molecular flexibility index (Phi) is 7.64. The second-order valence-corrected chi connectivity index (χ2v) is 9.73. The second-order valence-electron chi connectivity index (χ2n) is 7.40. The third-order valence-corrected chi connectivity index (χ3v) is 7.68. The molecule has 0 saturated carbocycles. The number of quaternary nitrogens is 1. The van der Waals surface area contributed by atoms with Crippen molar-refractivity contribution in [3.63, 3.8) is 0 Å². The molecule has 0 unspecified atom stereocenters. The van der Waals surface area contributed by atoms with Gasteiger partial charge in [-0.3, -0.25) is 0 Å². The van der Waals surface area contributed by atoms with Gasteiger partial charge in [-0.25, -0.2) is 8.42 Å². The van der Waals surface area contributed by atoms with E-state index >= 15 is 0 Å². The fourth-order valence-electron chi connectivity index (χ4n) is 3.55. The Hall–Kier alpha value is -1.26. The molecule has 0 radical (unpaired) electrons. The molecular formula is C19H31N4O3S2+. The van der Waals surface area contributed by atoms with Crippen LogP contribution in [-0.4, -0.2) is 88.3 Å². The largest absolute Gasteiger partial charge is 0.370 e. The van der Waals surface area contributed by atoms with Gasteiger partial charge in [-0.15, -0.1) is 0 Å². The van der Waals surface area contributed by atoms with Gasteiger partial charge in [0, 0.05) is 39.1 Å². The van der Waals surface area contributed by atoms with Crippen LogP contribution >= 0.6 is 12.2 Å². The number of hydrogen-bond donors (Lipinski definition) is 2. The van der Waals surface area contributed by atoms with Gasteiger partial charge in [0.2, 0.25) is 10.0 Å². The molecule has 0 aliphatic carbocycles. The van der Waals surface area contributed by atoms with E-state index in [1.165, 1.54) is 0 Å². The van der Waals surface area contributed by atoms with E-state index in [1.807, 2.05) is 19.1 Å². The van der Waals surface area contributed by atoms with Crippen molar-refractivity contribution in [2.24, 2.45) is 0 Å². The molecule has 2 saturated heterocycles. The third kappa shape index (κ3) is 5.64. The maximum absolute atomic E-state index is 12.8. The molecule has 9 heteroatoms. The van der Waals surface area contributed by atoms with Crippen molar-refractivity contribution in [3.8, 4) is 0 Å². The zero-order valence-electron chi connectivity index (χ0n) is 16.5. The van der Waals surface area contributed by atoms with Crippen LogP contribution < -0.4 is 10.2 Å². The molecule has 3 rings (SSSR count). The number of hydrogen-bond acceptors (Lipinski definition) is 4. The lowest BCUT2D eigenvalue weighted by atomic mass is 10.2. The van der Waals surface area contributed by atoms with Gasteiger partial charge in [-0.2, -0.15) is 4.31 Å². The fraction of sp³-hybridized carbons (Fsp3) is 0.632. The first-order valence-corrected chi connectivity index (χ1v) is 11.8. The predicted molar refractivity (Wildman–Crippen MR) is 113 cm³/mol. The highest BCUT2D eigenvalue weighted by atomic mass is 32.2. The van der Waals surface area contributed by atoms with Gasteiger partial charge in [0.1, 0.15) is 13.1 Å². The van der Waals surface area contributed by atoms with Crippen LogP contribution in [0, 0.1) is 6.92 Å². The van der Waals surface area contributed by atoms with Crippen molar-refractivity contribution in [2.45, 2.75) is 18.2 Å². The summed E-state index contributed by atoms with van der Waals surface area (Å²) in [6, 6.07) is 7.03. The van der Waals surface area contributed by atoms with E-state index in [0.29, 0.717) is 31.1 Å². The number of sulfonamides is 1. The fourth-order valence-corrected chi connectivity index (χ4v) is 5.25. The van der Waals surface area contributed by atoms with Crippen LogP contribution in [0.5, 0.6) is 0 Å². The van der Waals surface area contributed by atoms with Gasteiger partial charge in [-0.05, 0) is 31.3 Å². The number of aryl methyl sites for hydroxylation is 1. The van der Waals surface area contributed by atoms with Crippen molar-refractivity contribution < 1.29 is 18.1 Å². The maximum Gasteiger partial charge on any atom is 0.243 e. The van der Waals surface area contributed by atoms with Gasteiger partial charge in [0.15, 0.2) is 5.11 Å². The number of benzene rings is 1. The van der Waals surface area contributed by atoms with Gasteiger partial charge in [0.05, 0.1) is 24.7 Å². The zero-order valence-corrected chi connectivity index (χ0v) is 18.2. The molecule has 2 heterocycles. The Labute approximate surface area is 173 Å². The minimum absolute atomic E-state index is 0.359. The minimum atomic E-state index is -3.43. The van der Waals surface area contributed by atoms with Crippen molar-refractivity contribution in [3.05, 3.63) is 29.8 Å². The first-order chi connectivity index (χ1) is 13.5. The molecule has 156 valence electrons. The number of rotatable bonds is 6. The first-order valence-electron chi connectivity index (χ1n) is 9.98. The van der Waals surface area contributed by atoms with Gasteiger partial charge in [0.25, 0.3) is 0 Å². The molecule has 2 aliphatic heterocycles. The number of nitrogens with one attached hydrogen (secondary N) is 2. The average molecular weight is 428 g/mol. The molecule has 2 N–H and O–H groups in total. The highest BCUT2D eigenvalue weighted by molar-refractivity contribution is 7.89. The lowest BCUT2D eigenvalue weighted by molar-refractivity contribution is -0.908. The highest BCUT2D eigenvalue weighted by Gasteiger charge is 2.29. The number of nitrogens with zero attached hydrogens (tertiary/aromatic N) is 2. The zero-order chi connectivity index (χ0) is 20.0. The highest BCUT2D eigenvalue weighted by Crippen LogP contribution is 2.18. The lowest BCUT2D eigenvalue weighted by Crippen LogP contribution is -3.14. The Bertz CT molecular complexity index is 741. The average Bonchev–Trinajstić information content (AvgIpc) is 2.72. The van der Waals surface area contributed by atoms with Crippen LogP contribution in [0.15, 0.2) is 29.2 Å². The number of ether oxygens (including phenoxy) is 1. The quantitative estimate of drug-likeness (QED) is 0.471. The normalized spacial score (nSPS) is 19.5. The Balaban J connectivity index is 1.40. The van der Waals surface area contributed by atoms with E-state index in [0.717, 1.165) is 56.5 Å². The van der Waals surface area contributed by atoms with E-state index in [9.17, 15) is 8.42 Å². The standard InChI is InChI=1S/C19H30N4O3S2/c1-17-3-5-18(6-4-17)28(24,25)23-11-9-22(10-12-23)19(27)20-7-2-8-21-13-15-26-16-14-21/h3-6H,2,7-16H2,1H3,(H,20,27)/p+1. The van der Waals surface area contributed by atoms with Crippen molar-refractivity contribution in [1.82, 2.24) is 14.5 Å². The van der Waals surface area contributed by atoms with Crippen molar-refractivity contribution in [1.29, 1.82) is 0 Å². The summed E-state index contributed by atoms with van der Waals surface area (Å²) in [4.78, 5) is 4.02. The van der Waals surface area contributed by atoms with Crippen molar-refractivity contribution in [2.75, 3.05) is 65.6 Å². The molecule has 2 fully saturated rings. The van der Waals surface area contributed by atoms with Crippen LogP contribution in [0.3, 0.4) is 0 Å². The second kappa shape index (κ2) is 9.98. The maximum atomic E-state index is 12.8.